The Morgan fingerprint density at radius 3 is 1.43 bits per heavy atom. The van der Waals surface area contributed by atoms with E-state index in [0.717, 1.165) is 0 Å². The van der Waals surface area contributed by atoms with E-state index >= 15 is 0 Å². The van der Waals surface area contributed by atoms with Gasteiger partial charge in [-0.05, 0) is 55.3 Å². The third-order valence-corrected chi connectivity index (χ3v) is 13.1. The fourth-order valence-electron chi connectivity index (χ4n) is 9.32. The van der Waals surface area contributed by atoms with Crippen LogP contribution in [0.2, 0.25) is 13.1 Å². The molecule has 0 saturated heterocycles. The zero-order valence-corrected chi connectivity index (χ0v) is 36.0. The molecule has 0 fully saturated rings. The van der Waals surface area contributed by atoms with Crippen molar-refractivity contribution >= 4 is 58.8 Å². The molecule has 0 aliphatic heterocycles. The second-order valence-electron chi connectivity index (χ2n) is 15.2. The van der Waals surface area contributed by atoms with Gasteiger partial charge in [-0.15, -0.1) is 16.3 Å². The summed E-state index contributed by atoms with van der Waals surface area (Å²) in [7, 11) is -0.831. The topological polar surface area (TPSA) is 0 Å². The third-order valence-electron chi connectivity index (χ3n) is 11.7. The monoisotopic (exact) mass is 875 g/mol. The maximum atomic E-state index is 2.54. The number of fused-ring (bicyclic) bond motifs is 4. The van der Waals surface area contributed by atoms with Crippen molar-refractivity contribution in [3.05, 3.63) is 219 Å². The van der Waals surface area contributed by atoms with Gasteiger partial charge in [0.15, 0.2) is 0 Å². The molecule has 0 amide bonds. The van der Waals surface area contributed by atoms with E-state index in [-0.39, 0.29) is 36.7 Å². The number of hydrogen-bond acceptors (Lipinski definition) is 0. The Hall–Kier alpha value is -4.89. The van der Waals surface area contributed by atoms with Gasteiger partial charge in [0.25, 0.3) is 0 Å². The summed E-state index contributed by atoms with van der Waals surface area (Å²) in [5.74, 6) is 0. The van der Waals surface area contributed by atoms with Crippen LogP contribution < -0.4 is 26.1 Å². The molecule has 0 aromatic heterocycles. The molecule has 2 unspecified atom stereocenters. The predicted molar refractivity (Wildman–Crippen MR) is 229 cm³/mol. The van der Waals surface area contributed by atoms with Crippen LogP contribution in [0.3, 0.4) is 0 Å². The second-order valence-corrected chi connectivity index (χ2v) is 17.7. The van der Waals surface area contributed by atoms with Crippen LogP contribution in [0.5, 0.6) is 0 Å². The standard InChI is InChI=1S/C47H38Si.C5H5.Hf/c1-46(40-25-13-19-31-15-5-9-21-35(31)40)29-33-17-7-11-23-37(33)44(46)39-27-28-42(48(3)4)43(39)45-38-24-12-8-18-34(38)30-47(45,2)41-26-14-20-32-16-6-10-22-36(32)41;1-2-4-5-3-1;/h5-30H,1-4H3;1-5H;/q-1;-5;. The van der Waals surface area contributed by atoms with E-state index in [2.05, 4.69) is 185 Å². The molecular weight excluding hydrogens is 831 g/mol. The first-order chi connectivity index (χ1) is 25.9. The van der Waals surface area contributed by atoms with E-state index in [1.807, 2.05) is 30.3 Å². The molecule has 0 spiro atoms. The molecule has 2 atom stereocenters. The van der Waals surface area contributed by atoms with Crippen molar-refractivity contribution in [1.82, 2.24) is 0 Å². The van der Waals surface area contributed by atoms with Crippen molar-refractivity contribution in [2.45, 2.75) is 37.8 Å². The van der Waals surface area contributed by atoms with Gasteiger partial charge in [0.05, 0.1) is 0 Å². The van der Waals surface area contributed by atoms with E-state index in [1.54, 1.807) is 0 Å². The molecule has 8 aromatic rings. The fraction of sp³-hybridized carbons (Fsp3) is 0.115. The Morgan fingerprint density at radius 2 is 0.907 bits per heavy atom. The van der Waals surface area contributed by atoms with Crippen LogP contribution in [-0.4, -0.2) is 8.80 Å². The zero-order chi connectivity index (χ0) is 36.2. The maximum absolute atomic E-state index is 2.54. The van der Waals surface area contributed by atoms with Gasteiger partial charge in [0.1, 0.15) is 0 Å². The average Bonchev–Trinajstić information content (AvgIpc) is 4.00. The van der Waals surface area contributed by atoms with Crippen molar-refractivity contribution in [2.24, 2.45) is 0 Å². The van der Waals surface area contributed by atoms with Crippen LogP contribution in [0.1, 0.15) is 36.1 Å². The molecule has 8 aromatic carbocycles. The van der Waals surface area contributed by atoms with Crippen molar-refractivity contribution in [2.75, 3.05) is 0 Å². The molecule has 2 aliphatic carbocycles. The summed E-state index contributed by atoms with van der Waals surface area (Å²) < 4.78 is 0. The number of benzene rings is 6. The molecule has 0 nitrogen and oxygen atoms in total. The molecule has 2 heteroatoms. The van der Waals surface area contributed by atoms with Crippen LogP contribution in [-0.2, 0) is 36.7 Å². The Bertz CT molecular complexity index is 2880. The summed E-state index contributed by atoms with van der Waals surface area (Å²) in [6.07, 6.45) is 5.07. The van der Waals surface area contributed by atoms with Gasteiger partial charge in [-0.25, -0.2) is 0 Å². The van der Waals surface area contributed by atoms with Crippen molar-refractivity contribution in [1.29, 1.82) is 0 Å². The average molecular weight is 874 g/mol. The summed E-state index contributed by atoms with van der Waals surface area (Å²) in [5.41, 5.74) is 7.75. The van der Waals surface area contributed by atoms with Crippen LogP contribution in [0, 0.1) is 0 Å². The Balaban J connectivity index is 0.000000640. The molecule has 0 saturated carbocycles. The minimum absolute atomic E-state index is 0. The molecule has 0 bridgehead atoms. The van der Waals surface area contributed by atoms with Crippen LogP contribution in [0.4, 0.5) is 0 Å². The predicted octanol–water partition coefficient (Wildman–Crippen LogP) is 8.98. The van der Waals surface area contributed by atoms with Crippen LogP contribution in [0.25, 0.3) is 44.8 Å². The first-order valence-electron chi connectivity index (χ1n) is 18.8. The molecule has 1 radical (unpaired) electrons. The molecular formula is C52H43HfSi-6. The zero-order valence-electron chi connectivity index (χ0n) is 31.4. The smallest absolute Gasteiger partial charge is 0.0288 e. The summed E-state index contributed by atoms with van der Waals surface area (Å²) in [6, 6.07) is 64.5. The third kappa shape index (κ3) is 5.83. The van der Waals surface area contributed by atoms with Gasteiger partial charge in [-0.3, -0.25) is 0 Å². The molecule has 265 valence electrons. The second kappa shape index (κ2) is 14.4. The quantitative estimate of drug-likeness (QED) is 0.120. The largest absolute Gasteiger partial charge is 0.748 e. The first kappa shape index (κ1) is 36.1. The van der Waals surface area contributed by atoms with Crippen molar-refractivity contribution in [3.8, 4) is 0 Å². The Kier molecular flexibility index (Phi) is 9.63. The molecule has 0 N–H and O–H groups in total. The van der Waals surface area contributed by atoms with Crippen LogP contribution in [0.15, 0.2) is 176 Å². The Labute approximate surface area is 339 Å². The summed E-state index contributed by atoms with van der Waals surface area (Å²) in [6.45, 7) is 9.83. The van der Waals surface area contributed by atoms with Gasteiger partial charge in [-0.1, -0.05) is 182 Å². The van der Waals surface area contributed by atoms with E-state index in [0.29, 0.717) is 0 Å². The van der Waals surface area contributed by atoms with Gasteiger partial charge >= 0.3 is 0 Å². The van der Waals surface area contributed by atoms with Gasteiger partial charge in [0, 0.05) is 45.5 Å². The first-order valence-corrected chi connectivity index (χ1v) is 21.3. The van der Waals surface area contributed by atoms with E-state index in [4.69, 9.17) is 0 Å². The van der Waals surface area contributed by atoms with E-state index in [1.165, 1.54) is 81.0 Å². The summed E-state index contributed by atoms with van der Waals surface area (Å²) in [4.78, 5) is 0. The maximum Gasteiger partial charge on any atom is 0.0288 e. The SMILES string of the molecule is C[Si](C)[c-]1ccc(C2=c3ccccc3=CC2(C)c2cccc3ccccc23)c1C1=c2ccccc2=CC1(C)c1cccc2ccccc12.[Hf].[cH-]1[cH-][cH-][cH-][cH-]1. The van der Waals surface area contributed by atoms with Gasteiger partial charge in [0.2, 0.25) is 0 Å². The van der Waals surface area contributed by atoms with Crippen molar-refractivity contribution in [3.63, 3.8) is 0 Å². The summed E-state index contributed by atoms with van der Waals surface area (Å²) in [5, 5.41) is 12.1. The molecule has 2 aliphatic rings. The normalized spacial score (nSPS) is 18.4. The van der Waals surface area contributed by atoms with Gasteiger partial charge < -0.3 is 30.3 Å². The van der Waals surface area contributed by atoms with E-state index in [9.17, 15) is 0 Å². The van der Waals surface area contributed by atoms with Gasteiger partial charge in [-0.2, -0.15) is 12.1 Å². The van der Waals surface area contributed by atoms with Crippen molar-refractivity contribution < 1.29 is 25.8 Å². The Morgan fingerprint density at radius 1 is 0.481 bits per heavy atom. The minimum Gasteiger partial charge on any atom is -0.748 e. The van der Waals surface area contributed by atoms with E-state index < -0.39 is 8.80 Å². The minimum atomic E-state index is -0.831. The molecule has 54 heavy (non-hydrogen) atoms. The summed E-state index contributed by atoms with van der Waals surface area (Å²) >= 11 is 0. The number of hydrogen-bond donors (Lipinski definition) is 0. The number of rotatable bonds is 5. The fourth-order valence-corrected chi connectivity index (χ4v) is 10.5. The van der Waals surface area contributed by atoms with Crippen LogP contribution >= 0.6 is 0 Å². The molecule has 0 heterocycles. The molecule has 10 rings (SSSR count).